The van der Waals surface area contributed by atoms with E-state index in [-0.39, 0.29) is 17.9 Å². The number of esters is 1. The van der Waals surface area contributed by atoms with Gasteiger partial charge in [0.1, 0.15) is 5.60 Å². The van der Waals surface area contributed by atoms with Gasteiger partial charge in [0.25, 0.3) is 0 Å². The van der Waals surface area contributed by atoms with Crippen LogP contribution in [0.3, 0.4) is 0 Å². The Morgan fingerprint density at radius 1 is 1.03 bits per heavy atom. The molecule has 0 fully saturated rings. The van der Waals surface area contributed by atoms with E-state index in [2.05, 4.69) is 0 Å². The van der Waals surface area contributed by atoms with E-state index in [1.165, 1.54) is 12.1 Å². The molecule has 7 heteroatoms. The van der Waals surface area contributed by atoms with Crippen molar-refractivity contribution in [1.29, 1.82) is 0 Å². The standard InChI is InChI=1S/C26H28F3NO3/c1-16-8-6-7-9-19(16)15-30-17(2)23(24(32)33-25(3,4)5)21(14-22(30)31)18-10-12-20(13-11-18)26(27,28)29/h6-13,21H,14-15H2,1-5H3. The number of hydrogen-bond donors (Lipinski definition) is 0. The molecule has 4 nitrogen and oxygen atoms in total. The molecule has 0 saturated heterocycles. The molecule has 1 aliphatic heterocycles. The summed E-state index contributed by atoms with van der Waals surface area (Å²) >= 11 is 0. The van der Waals surface area contributed by atoms with Crippen LogP contribution in [-0.4, -0.2) is 22.4 Å². The molecule has 0 N–H and O–H groups in total. The van der Waals surface area contributed by atoms with Crippen LogP contribution in [0.1, 0.15) is 62.3 Å². The Bertz CT molecular complexity index is 1080. The number of halogens is 3. The van der Waals surface area contributed by atoms with Gasteiger partial charge in [-0.25, -0.2) is 4.79 Å². The molecule has 0 aliphatic carbocycles. The van der Waals surface area contributed by atoms with Gasteiger partial charge in [-0.2, -0.15) is 13.2 Å². The van der Waals surface area contributed by atoms with Crippen molar-refractivity contribution in [3.63, 3.8) is 0 Å². The van der Waals surface area contributed by atoms with Crippen LogP contribution in [-0.2, 0) is 27.0 Å². The van der Waals surface area contributed by atoms with Gasteiger partial charge in [-0.15, -0.1) is 0 Å². The van der Waals surface area contributed by atoms with Crippen LogP contribution in [0, 0.1) is 6.92 Å². The van der Waals surface area contributed by atoms with Crippen LogP contribution in [0.4, 0.5) is 13.2 Å². The fourth-order valence-corrected chi connectivity index (χ4v) is 3.95. The van der Waals surface area contributed by atoms with E-state index in [0.717, 1.165) is 23.3 Å². The molecule has 33 heavy (non-hydrogen) atoms. The zero-order valence-corrected chi connectivity index (χ0v) is 19.4. The number of aryl methyl sites for hydroxylation is 1. The summed E-state index contributed by atoms with van der Waals surface area (Å²) in [5, 5.41) is 0. The van der Waals surface area contributed by atoms with Gasteiger partial charge in [-0.1, -0.05) is 36.4 Å². The SMILES string of the molecule is CC1=C(C(=O)OC(C)(C)C)C(c2ccc(C(F)(F)F)cc2)CC(=O)N1Cc1ccccc1C. The summed E-state index contributed by atoms with van der Waals surface area (Å²) in [5.41, 5.74) is 1.62. The summed E-state index contributed by atoms with van der Waals surface area (Å²) in [5.74, 6) is -1.47. The van der Waals surface area contributed by atoms with Crippen LogP contribution in [0.5, 0.6) is 0 Å². The molecule has 1 aliphatic rings. The molecule has 0 aromatic heterocycles. The molecule has 2 aromatic rings. The van der Waals surface area contributed by atoms with Crippen molar-refractivity contribution in [1.82, 2.24) is 4.90 Å². The lowest BCUT2D eigenvalue weighted by Crippen LogP contribution is -2.39. The zero-order chi connectivity index (χ0) is 24.6. The maximum absolute atomic E-state index is 13.2. The highest BCUT2D eigenvalue weighted by atomic mass is 19.4. The van der Waals surface area contributed by atoms with Crippen molar-refractivity contribution < 1.29 is 27.5 Å². The number of carbonyl (C=O) groups excluding carboxylic acids is 2. The van der Waals surface area contributed by atoms with E-state index in [1.54, 1.807) is 32.6 Å². The van der Waals surface area contributed by atoms with Gasteiger partial charge in [0.05, 0.1) is 17.7 Å². The van der Waals surface area contributed by atoms with Gasteiger partial charge < -0.3 is 9.64 Å². The number of alkyl halides is 3. The molecule has 1 unspecified atom stereocenters. The van der Waals surface area contributed by atoms with E-state index in [1.807, 2.05) is 31.2 Å². The Morgan fingerprint density at radius 2 is 1.64 bits per heavy atom. The summed E-state index contributed by atoms with van der Waals surface area (Å²) in [6.07, 6.45) is -4.51. The number of benzene rings is 2. The van der Waals surface area contributed by atoms with Gasteiger partial charge in [0, 0.05) is 18.0 Å². The summed E-state index contributed by atoms with van der Waals surface area (Å²) in [6, 6.07) is 12.3. The van der Waals surface area contributed by atoms with Crippen molar-refractivity contribution >= 4 is 11.9 Å². The average molecular weight is 460 g/mol. The van der Waals surface area contributed by atoms with Crippen molar-refractivity contribution in [2.24, 2.45) is 0 Å². The van der Waals surface area contributed by atoms with E-state index in [9.17, 15) is 22.8 Å². The second-order valence-corrected chi connectivity index (χ2v) is 9.28. The minimum absolute atomic E-state index is 0.0385. The number of ether oxygens (including phenoxy) is 1. The molecule has 1 atom stereocenters. The Balaban J connectivity index is 2.06. The van der Waals surface area contributed by atoms with Crippen LogP contribution < -0.4 is 0 Å². The Hall–Kier alpha value is -3.09. The highest BCUT2D eigenvalue weighted by Gasteiger charge is 2.38. The third-order valence-electron chi connectivity index (χ3n) is 5.67. The molecule has 0 spiro atoms. The van der Waals surface area contributed by atoms with Crippen LogP contribution in [0.25, 0.3) is 0 Å². The van der Waals surface area contributed by atoms with Gasteiger partial charge in [-0.05, 0) is 63.4 Å². The molecule has 1 heterocycles. The first-order valence-corrected chi connectivity index (χ1v) is 10.7. The maximum Gasteiger partial charge on any atom is 0.416 e. The van der Waals surface area contributed by atoms with Gasteiger partial charge in [-0.3, -0.25) is 4.79 Å². The molecule has 0 saturated carbocycles. The summed E-state index contributed by atoms with van der Waals surface area (Å²) in [6.45, 7) is 9.16. The van der Waals surface area contributed by atoms with Crippen molar-refractivity contribution in [3.8, 4) is 0 Å². The molecular weight excluding hydrogens is 431 g/mol. The normalized spacial score (nSPS) is 17.4. The zero-order valence-electron chi connectivity index (χ0n) is 19.4. The van der Waals surface area contributed by atoms with E-state index < -0.39 is 29.2 Å². The van der Waals surface area contributed by atoms with Gasteiger partial charge in [0.15, 0.2) is 0 Å². The molecular formula is C26H28F3NO3. The smallest absolute Gasteiger partial charge is 0.416 e. The fraction of sp³-hybridized carbons (Fsp3) is 0.385. The second-order valence-electron chi connectivity index (χ2n) is 9.28. The number of allylic oxidation sites excluding steroid dienone is 1. The Morgan fingerprint density at radius 3 is 2.18 bits per heavy atom. The Labute approximate surface area is 192 Å². The second kappa shape index (κ2) is 9.04. The predicted molar refractivity (Wildman–Crippen MR) is 119 cm³/mol. The number of rotatable bonds is 4. The van der Waals surface area contributed by atoms with Crippen molar-refractivity contribution in [3.05, 3.63) is 82.1 Å². The summed E-state index contributed by atoms with van der Waals surface area (Å²) in [7, 11) is 0. The lowest BCUT2D eigenvalue weighted by atomic mass is 9.83. The minimum Gasteiger partial charge on any atom is -0.457 e. The molecule has 0 radical (unpaired) electrons. The first-order chi connectivity index (χ1) is 15.3. The fourth-order valence-electron chi connectivity index (χ4n) is 3.95. The lowest BCUT2D eigenvalue weighted by molar-refractivity contribution is -0.151. The van der Waals surface area contributed by atoms with Crippen molar-refractivity contribution in [2.45, 2.75) is 65.3 Å². The predicted octanol–water partition coefficient (Wildman–Crippen LogP) is 6.15. The lowest BCUT2D eigenvalue weighted by Gasteiger charge is -2.36. The Kier molecular flexibility index (Phi) is 6.73. The van der Waals surface area contributed by atoms with Crippen LogP contribution >= 0.6 is 0 Å². The van der Waals surface area contributed by atoms with E-state index in [4.69, 9.17) is 4.74 Å². The summed E-state index contributed by atoms with van der Waals surface area (Å²) in [4.78, 5) is 27.9. The maximum atomic E-state index is 13.2. The number of nitrogens with zero attached hydrogens (tertiary/aromatic N) is 1. The highest BCUT2D eigenvalue weighted by molar-refractivity contribution is 5.96. The quantitative estimate of drug-likeness (QED) is 0.516. The first-order valence-electron chi connectivity index (χ1n) is 10.7. The van der Waals surface area contributed by atoms with Crippen LogP contribution in [0.15, 0.2) is 59.8 Å². The summed E-state index contributed by atoms with van der Waals surface area (Å²) < 4.78 is 44.7. The van der Waals surface area contributed by atoms with Gasteiger partial charge >= 0.3 is 12.1 Å². The molecule has 0 bridgehead atoms. The average Bonchev–Trinajstić information content (AvgIpc) is 2.70. The number of hydrogen-bond acceptors (Lipinski definition) is 3. The minimum atomic E-state index is -4.47. The molecule has 3 rings (SSSR count). The van der Waals surface area contributed by atoms with E-state index >= 15 is 0 Å². The highest BCUT2D eigenvalue weighted by Crippen LogP contribution is 2.39. The van der Waals surface area contributed by atoms with Crippen LogP contribution in [0.2, 0.25) is 0 Å². The molecule has 1 amide bonds. The van der Waals surface area contributed by atoms with Gasteiger partial charge in [0.2, 0.25) is 5.91 Å². The largest absolute Gasteiger partial charge is 0.457 e. The topological polar surface area (TPSA) is 46.6 Å². The monoisotopic (exact) mass is 459 g/mol. The molecule has 2 aromatic carbocycles. The first kappa shape index (κ1) is 24.6. The van der Waals surface area contributed by atoms with Crippen molar-refractivity contribution in [2.75, 3.05) is 0 Å². The van der Waals surface area contributed by atoms with E-state index in [0.29, 0.717) is 17.8 Å². The molecule has 176 valence electrons. The third-order valence-corrected chi connectivity index (χ3v) is 5.67. The number of carbonyl (C=O) groups is 2. The third kappa shape index (κ3) is 5.64. The number of amides is 1.